The van der Waals surface area contributed by atoms with Crippen molar-refractivity contribution in [1.29, 1.82) is 0 Å². The summed E-state index contributed by atoms with van der Waals surface area (Å²) < 4.78 is 2.01. The zero-order valence-corrected chi connectivity index (χ0v) is 11.2. The summed E-state index contributed by atoms with van der Waals surface area (Å²) in [5.74, 6) is 0.338. The second kappa shape index (κ2) is 5.57. The predicted octanol–water partition coefficient (Wildman–Crippen LogP) is 1.81. The average Bonchev–Trinajstić information content (AvgIpc) is 2.77. The Bertz CT molecular complexity index is 459. The van der Waals surface area contributed by atoms with Crippen LogP contribution in [0.15, 0.2) is 17.1 Å². The fourth-order valence-corrected chi connectivity index (χ4v) is 2.47. The number of aromatic nitrogens is 1. The van der Waals surface area contributed by atoms with Crippen LogP contribution in [0.25, 0.3) is 0 Å². The second-order valence-corrected chi connectivity index (χ2v) is 5.54. The first kappa shape index (κ1) is 13.1. The van der Waals surface area contributed by atoms with E-state index in [1.165, 1.54) is 12.8 Å². The van der Waals surface area contributed by atoms with E-state index in [2.05, 4.69) is 18.7 Å². The molecule has 0 radical (unpaired) electrons. The molecule has 1 aromatic rings. The number of aromatic hydroxyl groups is 1. The lowest BCUT2D eigenvalue weighted by Gasteiger charge is -2.20. The molecule has 1 saturated heterocycles. The largest absolute Gasteiger partial charge is 0.503 e. The van der Waals surface area contributed by atoms with E-state index in [1.54, 1.807) is 12.3 Å². The van der Waals surface area contributed by atoms with E-state index in [0.717, 1.165) is 31.9 Å². The highest BCUT2D eigenvalue weighted by atomic mass is 16.3. The molecule has 0 amide bonds. The van der Waals surface area contributed by atoms with E-state index in [9.17, 15) is 9.90 Å². The highest BCUT2D eigenvalue weighted by Crippen LogP contribution is 2.14. The number of nitrogens with zero attached hydrogens (tertiary/aromatic N) is 2. The molecule has 18 heavy (non-hydrogen) atoms. The molecule has 0 saturated carbocycles. The van der Waals surface area contributed by atoms with Crippen molar-refractivity contribution in [2.75, 3.05) is 13.1 Å². The number of likely N-dealkylation sites (tertiary alicyclic amines) is 1. The summed E-state index contributed by atoms with van der Waals surface area (Å²) in [7, 11) is 0. The minimum Gasteiger partial charge on any atom is -0.503 e. The zero-order valence-electron chi connectivity index (χ0n) is 11.2. The molecule has 0 aliphatic carbocycles. The lowest BCUT2D eigenvalue weighted by molar-refractivity contribution is 0.315. The topological polar surface area (TPSA) is 45.5 Å². The zero-order chi connectivity index (χ0) is 13.1. The third-order valence-corrected chi connectivity index (χ3v) is 3.34. The van der Waals surface area contributed by atoms with Crippen molar-refractivity contribution in [1.82, 2.24) is 9.47 Å². The molecule has 2 heterocycles. The minimum atomic E-state index is -0.274. The Balaban J connectivity index is 2.24. The van der Waals surface area contributed by atoms with Crippen LogP contribution in [0.1, 0.15) is 32.4 Å². The SMILES string of the molecule is CC(C)Cn1cc(O)c(=O)cc1CN1CCCC1. The first-order valence-electron chi connectivity index (χ1n) is 6.71. The van der Waals surface area contributed by atoms with Crippen molar-refractivity contribution < 1.29 is 5.11 Å². The Morgan fingerprint density at radius 3 is 2.61 bits per heavy atom. The van der Waals surface area contributed by atoms with Gasteiger partial charge in [-0.05, 0) is 31.8 Å². The fraction of sp³-hybridized carbons (Fsp3) is 0.643. The smallest absolute Gasteiger partial charge is 0.223 e. The molecule has 0 unspecified atom stereocenters. The Kier molecular flexibility index (Phi) is 4.07. The summed E-state index contributed by atoms with van der Waals surface area (Å²) in [4.78, 5) is 13.9. The van der Waals surface area contributed by atoms with Gasteiger partial charge in [-0.2, -0.15) is 0 Å². The molecule has 4 nitrogen and oxygen atoms in total. The molecule has 1 aliphatic rings. The fourth-order valence-electron chi connectivity index (χ4n) is 2.47. The van der Waals surface area contributed by atoms with Crippen molar-refractivity contribution >= 4 is 0 Å². The molecule has 2 rings (SSSR count). The molecule has 0 spiro atoms. The van der Waals surface area contributed by atoms with Gasteiger partial charge in [-0.1, -0.05) is 13.8 Å². The first-order chi connectivity index (χ1) is 8.56. The van der Waals surface area contributed by atoms with Gasteiger partial charge in [0.1, 0.15) is 0 Å². The molecule has 0 bridgehead atoms. The lowest BCUT2D eigenvalue weighted by Crippen LogP contribution is -2.24. The maximum absolute atomic E-state index is 11.6. The van der Waals surface area contributed by atoms with Gasteiger partial charge in [-0.15, -0.1) is 0 Å². The second-order valence-electron chi connectivity index (χ2n) is 5.54. The molecule has 1 fully saturated rings. The van der Waals surface area contributed by atoms with Gasteiger partial charge in [0.15, 0.2) is 5.75 Å². The van der Waals surface area contributed by atoms with Crippen LogP contribution in [-0.2, 0) is 13.1 Å². The molecule has 1 N–H and O–H groups in total. The van der Waals surface area contributed by atoms with E-state index in [0.29, 0.717) is 5.92 Å². The van der Waals surface area contributed by atoms with Crippen LogP contribution in [0.2, 0.25) is 0 Å². The van der Waals surface area contributed by atoms with Crippen molar-refractivity contribution in [3.63, 3.8) is 0 Å². The van der Waals surface area contributed by atoms with E-state index in [-0.39, 0.29) is 11.2 Å². The molecule has 4 heteroatoms. The average molecular weight is 250 g/mol. The lowest BCUT2D eigenvalue weighted by atomic mass is 10.2. The molecule has 0 aromatic carbocycles. The van der Waals surface area contributed by atoms with Crippen molar-refractivity contribution in [3.8, 4) is 5.75 Å². The highest BCUT2D eigenvalue weighted by molar-refractivity contribution is 5.20. The van der Waals surface area contributed by atoms with Gasteiger partial charge in [0.25, 0.3) is 0 Å². The third-order valence-electron chi connectivity index (χ3n) is 3.34. The molecule has 1 aromatic heterocycles. The predicted molar refractivity (Wildman–Crippen MR) is 71.7 cm³/mol. The van der Waals surface area contributed by atoms with Crippen LogP contribution in [0, 0.1) is 5.92 Å². The third kappa shape index (κ3) is 3.13. The Morgan fingerprint density at radius 2 is 2.00 bits per heavy atom. The standard InChI is InChI=1S/C14H22N2O2/c1-11(2)8-16-10-14(18)13(17)7-12(16)9-15-5-3-4-6-15/h7,10-11,18H,3-6,8-9H2,1-2H3. The summed E-state index contributed by atoms with van der Waals surface area (Å²) in [5.41, 5.74) is 0.734. The molecular weight excluding hydrogens is 228 g/mol. The molecule has 1 aliphatic heterocycles. The number of hydrogen-bond donors (Lipinski definition) is 1. The number of hydrogen-bond acceptors (Lipinski definition) is 3. The van der Waals surface area contributed by atoms with Crippen molar-refractivity contribution in [3.05, 3.63) is 28.2 Å². The molecule has 100 valence electrons. The summed E-state index contributed by atoms with van der Waals surface area (Å²) in [5, 5.41) is 9.55. The van der Waals surface area contributed by atoms with Gasteiger partial charge in [-0.25, -0.2) is 0 Å². The van der Waals surface area contributed by atoms with E-state index < -0.39 is 0 Å². The van der Waals surface area contributed by atoms with Crippen LogP contribution >= 0.6 is 0 Å². The maximum Gasteiger partial charge on any atom is 0.223 e. The van der Waals surface area contributed by atoms with Crippen LogP contribution < -0.4 is 5.43 Å². The summed E-state index contributed by atoms with van der Waals surface area (Å²) in [6.07, 6.45) is 4.06. The Hall–Kier alpha value is -1.29. The van der Waals surface area contributed by atoms with Gasteiger partial charge in [0, 0.05) is 24.8 Å². The van der Waals surface area contributed by atoms with E-state index >= 15 is 0 Å². The van der Waals surface area contributed by atoms with E-state index in [4.69, 9.17) is 0 Å². The molecule has 0 atom stereocenters. The number of pyridine rings is 1. The summed E-state index contributed by atoms with van der Waals surface area (Å²) >= 11 is 0. The van der Waals surface area contributed by atoms with Crippen LogP contribution in [-0.4, -0.2) is 27.7 Å². The van der Waals surface area contributed by atoms with Gasteiger partial charge >= 0.3 is 0 Å². The Labute approximate surface area is 108 Å². The first-order valence-corrected chi connectivity index (χ1v) is 6.71. The van der Waals surface area contributed by atoms with Crippen LogP contribution in [0.3, 0.4) is 0 Å². The van der Waals surface area contributed by atoms with Crippen molar-refractivity contribution in [2.24, 2.45) is 5.92 Å². The van der Waals surface area contributed by atoms with Gasteiger partial charge in [0.05, 0.1) is 6.20 Å². The van der Waals surface area contributed by atoms with Crippen molar-refractivity contribution in [2.45, 2.75) is 39.8 Å². The highest BCUT2D eigenvalue weighted by Gasteiger charge is 2.15. The monoisotopic (exact) mass is 250 g/mol. The van der Waals surface area contributed by atoms with E-state index in [1.807, 2.05) is 4.57 Å². The number of rotatable bonds is 4. The maximum atomic E-state index is 11.6. The summed E-state index contributed by atoms with van der Waals surface area (Å²) in [6, 6.07) is 1.58. The van der Waals surface area contributed by atoms with Gasteiger partial charge in [-0.3, -0.25) is 9.69 Å². The quantitative estimate of drug-likeness (QED) is 0.886. The normalized spacial score (nSPS) is 16.6. The Morgan fingerprint density at radius 1 is 1.33 bits per heavy atom. The molecular formula is C14H22N2O2. The van der Waals surface area contributed by atoms with Crippen LogP contribution in [0.4, 0.5) is 0 Å². The van der Waals surface area contributed by atoms with Gasteiger partial charge < -0.3 is 9.67 Å². The van der Waals surface area contributed by atoms with Crippen LogP contribution in [0.5, 0.6) is 5.75 Å². The van der Waals surface area contributed by atoms with Gasteiger partial charge in [0.2, 0.25) is 5.43 Å². The summed E-state index contributed by atoms with van der Waals surface area (Å²) in [6.45, 7) is 8.12. The minimum absolute atomic E-state index is 0.152.